The smallest absolute Gasteiger partial charge is 0.164 e. The van der Waals surface area contributed by atoms with Gasteiger partial charge in [0.2, 0.25) is 0 Å². The number of aromatic nitrogens is 5. The monoisotopic (exact) mass is 741 g/mol. The molecule has 0 bridgehead atoms. The second-order valence-corrected chi connectivity index (χ2v) is 14.7. The number of pyridine rings is 1. The molecule has 0 aliphatic heterocycles. The van der Waals surface area contributed by atoms with Gasteiger partial charge in [-0.15, -0.1) is 0 Å². The summed E-state index contributed by atoms with van der Waals surface area (Å²) in [5.74, 6) is 1.77. The standard InChI is InChI=1S/C52H31N5O/c1-2-14-32(15-3-1)50-54-51(56-52(55-50)37-20-13-21-38(29-37)57-44-25-9-6-22-39(44)40-23-7-10-26-45(40)57)36-19-12-18-35(28-36)48-47-41-24-8-11-27-46(41)58-49(47)42-30-33-16-4-5-17-34(33)31-43(42)53-48/h1-31H. The maximum absolute atomic E-state index is 6.63. The van der Waals surface area contributed by atoms with E-state index >= 15 is 0 Å². The Bertz CT molecular complexity index is 3530. The zero-order valence-electron chi connectivity index (χ0n) is 31.0. The van der Waals surface area contributed by atoms with Gasteiger partial charge in [-0.2, -0.15) is 0 Å². The van der Waals surface area contributed by atoms with Crippen molar-refractivity contribution in [2.24, 2.45) is 0 Å². The highest BCUT2D eigenvalue weighted by Crippen LogP contribution is 2.41. The maximum atomic E-state index is 6.63. The summed E-state index contributed by atoms with van der Waals surface area (Å²) < 4.78 is 8.95. The van der Waals surface area contributed by atoms with Crippen LogP contribution < -0.4 is 0 Å². The van der Waals surface area contributed by atoms with Crippen molar-refractivity contribution >= 4 is 65.4 Å². The first-order valence-electron chi connectivity index (χ1n) is 19.4. The van der Waals surface area contributed by atoms with Crippen LogP contribution >= 0.6 is 0 Å². The molecule has 0 saturated carbocycles. The molecule has 12 rings (SSSR count). The minimum Gasteiger partial charge on any atom is -0.455 e. The van der Waals surface area contributed by atoms with Crippen molar-refractivity contribution in [3.8, 4) is 51.1 Å². The lowest BCUT2D eigenvalue weighted by atomic mass is 9.99. The van der Waals surface area contributed by atoms with E-state index in [1.165, 1.54) is 10.8 Å². The molecular formula is C52H31N5O. The molecule has 0 fully saturated rings. The predicted molar refractivity (Wildman–Crippen MR) is 236 cm³/mol. The van der Waals surface area contributed by atoms with E-state index in [1.54, 1.807) is 0 Å². The number of hydrogen-bond donors (Lipinski definition) is 0. The van der Waals surface area contributed by atoms with Crippen molar-refractivity contribution in [3.05, 3.63) is 188 Å². The summed E-state index contributed by atoms with van der Waals surface area (Å²) in [5.41, 5.74) is 10.3. The fraction of sp³-hybridized carbons (Fsp3) is 0. The predicted octanol–water partition coefficient (Wildman–Crippen LogP) is 13.2. The summed E-state index contributed by atoms with van der Waals surface area (Å²) in [7, 11) is 0. The van der Waals surface area contributed by atoms with Gasteiger partial charge in [-0.25, -0.2) is 19.9 Å². The van der Waals surface area contributed by atoms with Crippen molar-refractivity contribution in [2.45, 2.75) is 0 Å². The molecule has 270 valence electrons. The molecule has 0 aliphatic rings. The Hall–Kier alpha value is -7.96. The third-order valence-electron chi connectivity index (χ3n) is 11.2. The van der Waals surface area contributed by atoms with Crippen LogP contribution in [0.2, 0.25) is 0 Å². The van der Waals surface area contributed by atoms with E-state index in [2.05, 4.69) is 150 Å². The Kier molecular flexibility index (Phi) is 7.13. The summed E-state index contributed by atoms with van der Waals surface area (Å²) in [5, 5.41) is 7.71. The van der Waals surface area contributed by atoms with Gasteiger partial charge >= 0.3 is 0 Å². The van der Waals surface area contributed by atoms with Crippen molar-refractivity contribution in [1.82, 2.24) is 24.5 Å². The highest BCUT2D eigenvalue weighted by atomic mass is 16.3. The Morgan fingerprint density at radius 3 is 1.67 bits per heavy atom. The van der Waals surface area contributed by atoms with Crippen molar-refractivity contribution < 1.29 is 4.42 Å². The van der Waals surface area contributed by atoms with E-state index in [0.717, 1.165) is 88.3 Å². The third-order valence-corrected chi connectivity index (χ3v) is 11.2. The molecule has 58 heavy (non-hydrogen) atoms. The Morgan fingerprint density at radius 1 is 0.379 bits per heavy atom. The van der Waals surface area contributed by atoms with Gasteiger partial charge in [-0.1, -0.05) is 140 Å². The largest absolute Gasteiger partial charge is 0.455 e. The van der Waals surface area contributed by atoms with E-state index in [1.807, 2.05) is 42.5 Å². The molecule has 0 saturated heterocycles. The number of nitrogens with zero attached hydrogens (tertiary/aromatic N) is 5. The van der Waals surface area contributed by atoms with Crippen LogP contribution in [0.3, 0.4) is 0 Å². The number of benzene rings is 8. The van der Waals surface area contributed by atoms with Gasteiger partial charge in [0.05, 0.1) is 27.6 Å². The first kappa shape index (κ1) is 32.3. The van der Waals surface area contributed by atoms with E-state index in [0.29, 0.717) is 17.5 Å². The fourth-order valence-corrected chi connectivity index (χ4v) is 8.50. The Labute approximate surface area is 332 Å². The van der Waals surface area contributed by atoms with Crippen LogP contribution in [0, 0.1) is 0 Å². The summed E-state index contributed by atoms with van der Waals surface area (Å²) in [6.45, 7) is 0. The van der Waals surface area contributed by atoms with Crippen LogP contribution in [-0.4, -0.2) is 24.5 Å². The minimum absolute atomic E-state index is 0.577. The molecule has 12 aromatic rings. The molecule has 4 heterocycles. The molecule has 0 aliphatic carbocycles. The number of hydrogen-bond acceptors (Lipinski definition) is 5. The van der Waals surface area contributed by atoms with Gasteiger partial charge in [0.1, 0.15) is 11.2 Å². The van der Waals surface area contributed by atoms with Crippen LogP contribution in [0.15, 0.2) is 192 Å². The van der Waals surface area contributed by atoms with Gasteiger partial charge in [0, 0.05) is 49.5 Å². The number of furan rings is 1. The summed E-state index contributed by atoms with van der Waals surface area (Å²) in [6, 6.07) is 65.0. The van der Waals surface area contributed by atoms with Gasteiger partial charge in [-0.05, 0) is 59.3 Å². The van der Waals surface area contributed by atoms with Crippen molar-refractivity contribution in [3.63, 3.8) is 0 Å². The minimum atomic E-state index is 0.577. The fourth-order valence-electron chi connectivity index (χ4n) is 8.50. The molecule has 0 amide bonds. The molecule has 0 atom stereocenters. The quantitative estimate of drug-likeness (QED) is 0.164. The van der Waals surface area contributed by atoms with E-state index in [9.17, 15) is 0 Å². The normalized spacial score (nSPS) is 11.8. The molecule has 6 heteroatoms. The zero-order valence-corrected chi connectivity index (χ0v) is 31.0. The lowest BCUT2D eigenvalue weighted by Gasteiger charge is -2.12. The molecule has 6 nitrogen and oxygen atoms in total. The number of rotatable bonds is 5. The van der Waals surface area contributed by atoms with E-state index in [4.69, 9.17) is 24.4 Å². The Balaban J connectivity index is 1.05. The molecular weight excluding hydrogens is 711 g/mol. The van der Waals surface area contributed by atoms with Crippen LogP contribution in [0.25, 0.3) is 117 Å². The van der Waals surface area contributed by atoms with E-state index < -0.39 is 0 Å². The SMILES string of the molecule is c1ccc(-c2nc(-c3cccc(-c4nc5cc6ccccc6cc5c5oc6ccccc6c45)c3)nc(-c3cccc(-n4c5ccccc5c5ccccc54)c3)n2)cc1. The lowest BCUT2D eigenvalue weighted by Crippen LogP contribution is -2.01. The summed E-state index contributed by atoms with van der Waals surface area (Å²) >= 11 is 0. The van der Waals surface area contributed by atoms with Crippen LogP contribution in [0.4, 0.5) is 0 Å². The van der Waals surface area contributed by atoms with Crippen LogP contribution in [-0.2, 0) is 0 Å². The highest BCUT2D eigenvalue weighted by Gasteiger charge is 2.20. The van der Waals surface area contributed by atoms with Crippen molar-refractivity contribution in [1.29, 1.82) is 0 Å². The van der Waals surface area contributed by atoms with Gasteiger partial charge in [0.15, 0.2) is 17.5 Å². The molecule has 0 N–H and O–H groups in total. The molecule has 4 aromatic heterocycles. The summed E-state index contributed by atoms with van der Waals surface area (Å²) in [6.07, 6.45) is 0. The summed E-state index contributed by atoms with van der Waals surface area (Å²) in [4.78, 5) is 20.8. The topological polar surface area (TPSA) is 69.6 Å². The first-order chi connectivity index (χ1) is 28.7. The second kappa shape index (κ2) is 12.8. The van der Waals surface area contributed by atoms with Gasteiger partial charge in [-0.3, -0.25) is 0 Å². The molecule has 0 unspecified atom stereocenters. The number of fused-ring (bicyclic) bond motifs is 9. The lowest BCUT2D eigenvalue weighted by molar-refractivity contribution is 0.672. The van der Waals surface area contributed by atoms with Gasteiger partial charge < -0.3 is 8.98 Å². The average molecular weight is 742 g/mol. The second-order valence-electron chi connectivity index (χ2n) is 14.7. The molecule has 8 aromatic carbocycles. The van der Waals surface area contributed by atoms with Gasteiger partial charge in [0.25, 0.3) is 0 Å². The zero-order chi connectivity index (χ0) is 38.2. The van der Waals surface area contributed by atoms with E-state index in [-0.39, 0.29) is 0 Å². The molecule has 0 radical (unpaired) electrons. The van der Waals surface area contributed by atoms with Crippen molar-refractivity contribution in [2.75, 3.05) is 0 Å². The highest BCUT2D eigenvalue weighted by molar-refractivity contribution is 6.20. The van der Waals surface area contributed by atoms with Crippen LogP contribution in [0.1, 0.15) is 0 Å². The molecule has 0 spiro atoms. The maximum Gasteiger partial charge on any atom is 0.164 e. The number of para-hydroxylation sites is 3. The average Bonchev–Trinajstić information content (AvgIpc) is 3.85. The third kappa shape index (κ3) is 5.12. The Morgan fingerprint density at radius 2 is 0.931 bits per heavy atom. The van der Waals surface area contributed by atoms with Crippen LogP contribution in [0.5, 0.6) is 0 Å². The first-order valence-corrected chi connectivity index (χ1v) is 19.4.